The second kappa shape index (κ2) is 22.1. The second-order valence-electron chi connectivity index (χ2n) is 17.6. The molecule has 0 radical (unpaired) electrons. The van der Waals surface area contributed by atoms with Gasteiger partial charge in [-0.3, -0.25) is 19.4 Å². The van der Waals surface area contributed by atoms with Gasteiger partial charge in [0.1, 0.15) is 23.1 Å². The third-order valence-corrected chi connectivity index (χ3v) is 13.1. The number of hydrogen-bond acceptors (Lipinski definition) is 10. The Bertz CT molecular complexity index is 2490. The lowest BCUT2D eigenvalue weighted by Crippen LogP contribution is -2.65. The fraction of sp³-hybridized carbons (Fsp3) is 0.380. The Morgan fingerprint density at radius 1 is 0.676 bits per heavy atom. The van der Waals surface area contributed by atoms with Crippen LogP contribution in [-0.2, 0) is 32.2 Å². The SMILES string of the molecule is COc1cc(/C=C/C(=O)N2C3COCC2CN(Cc2ccc(F)cc2)C3)c(N)cc1Cl.COc1cc(/C=C/C(=O)N2C3COCC2CN(Cc2ccc(F)cc2)C3)c(NC(=O)NC2CC2)cc1Cl. The lowest BCUT2D eigenvalue weighted by atomic mass is 10.0. The smallest absolute Gasteiger partial charge is 0.319 e. The summed E-state index contributed by atoms with van der Waals surface area (Å²) in [5, 5.41) is 6.50. The first-order chi connectivity index (χ1) is 32.8. The van der Waals surface area contributed by atoms with Gasteiger partial charge in [-0.1, -0.05) is 47.5 Å². The van der Waals surface area contributed by atoms with Gasteiger partial charge in [0.2, 0.25) is 11.8 Å². The first kappa shape index (κ1) is 48.7. The molecule has 5 aliphatic rings. The Morgan fingerprint density at radius 2 is 1.10 bits per heavy atom. The van der Waals surface area contributed by atoms with Crippen LogP contribution in [0.4, 0.5) is 25.0 Å². The van der Waals surface area contributed by atoms with Gasteiger partial charge in [0.05, 0.1) is 80.5 Å². The number of morpholine rings is 2. The van der Waals surface area contributed by atoms with E-state index in [1.807, 2.05) is 9.80 Å². The molecule has 4 N–H and O–H groups in total. The van der Waals surface area contributed by atoms with E-state index in [-0.39, 0.29) is 59.7 Å². The Kier molecular flexibility index (Phi) is 15.8. The van der Waals surface area contributed by atoms with Crippen LogP contribution < -0.4 is 25.8 Å². The van der Waals surface area contributed by atoms with Crippen LogP contribution in [0.5, 0.6) is 11.5 Å². The average Bonchev–Trinajstić information content (AvgIpc) is 4.13. The van der Waals surface area contributed by atoms with Gasteiger partial charge in [0.25, 0.3) is 0 Å². The first-order valence-corrected chi connectivity index (χ1v) is 23.3. The van der Waals surface area contributed by atoms with Gasteiger partial charge in [-0.25, -0.2) is 13.6 Å². The molecule has 4 amide bonds. The minimum Gasteiger partial charge on any atom is -0.495 e. The number of urea groups is 1. The number of carbonyl (C=O) groups is 3. The predicted octanol–water partition coefficient (Wildman–Crippen LogP) is 7.09. The van der Waals surface area contributed by atoms with Crippen molar-refractivity contribution in [2.24, 2.45) is 0 Å². The molecule has 4 aromatic rings. The standard InChI is InChI=1S/C27H30ClFN4O4.C23H25ClFN3O3/c1-36-25-10-18(24(11-23(25)28)31-27(35)30-20-7-8-20)4-9-26(34)33-21-13-32(14-22(33)16-37-15-21)12-17-2-5-19(29)6-3-17;1-30-22-8-16(21(26)9-20(22)24)4-7-23(29)28-18-11-27(12-19(28)14-31-13-18)10-15-2-5-17(25)6-3-15/h2-6,9-11,20-22H,7-8,12-16H2,1H3,(H2,30,31,35);2-9,18-19H,10-14,26H2,1H3/b9-4+;7-4+. The molecule has 4 aliphatic heterocycles. The predicted molar refractivity (Wildman–Crippen MR) is 258 cm³/mol. The van der Waals surface area contributed by atoms with E-state index in [0.29, 0.717) is 110 Å². The van der Waals surface area contributed by atoms with E-state index in [4.69, 9.17) is 47.9 Å². The monoisotopic (exact) mass is 973 g/mol. The summed E-state index contributed by atoms with van der Waals surface area (Å²) >= 11 is 12.4. The van der Waals surface area contributed by atoms with E-state index in [1.165, 1.54) is 44.6 Å². The first-order valence-electron chi connectivity index (χ1n) is 22.5. The van der Waals surface area contributed by atoms with Gasteiger partial charge in [-0.05, 0) is 84.7 Å². The fourth-order valence-corrected chi connectivity index (χ4v) is 9.59. The number of nitrogen functional groups attached to an aromatic ring is 1. The summed E-state index contributed by atoms with van der Waals surface area (Å²) in [6.07, 6.45) is 8.38. The highest BCUT2D eigenvalue weighted by Crippen LogP contribution is 2.34. The summed E-state index contributed by atoms with van der Waals surface area (Å²) < 4.78 is 48.5. The van der Waals surface area contributed by atoms with Crippen molar-refractivity contribution in [1.82, 2.24) is 24.9 Å². The number of methoxy groups -OCH3 is 2. The van der Waals surface area contributed by atoms with Crippen molar-refractivity contribution in [2.45, 2.75) is 56.1 Å². The van der Waals surface area contributed by atoms with Crippen LogP contribution in [0.1, 0.15) is 35.1 Å². The summed E-state index contributed by atoms with van der Waals surface area (Å²) in [6, 6.07) is 19.3. The molecule has 360 valence electrons. The third-order valence-electron chi connectivity index (χ3n) is 12.5. The number of amides is 4. The Hall–Kier alpha value is -5.75. The van der Waals surface area contributed by atoms with E-state index >= 15 is 0 Å². The molecule has 4 bridgehead atoms. The molecule has 68 heavy (non-hydrogen) atoms. The quantitative estimate of drug-likeness (QED) is 0.0992. The Labute approximate surface area is 404 Å². The van der Waals surface area contributed by atoms with Gasteiger partial charge in [-0.15, -0.1) is 0 Å². The largest absolute Gasteiger partial charge is 0.495 e. The molecule has 0 spiro atoms. The fourth-order valence-electron chi connectivity index (χ4n) is 9.10. The summed E-state index contributed by atoms with van der Waals surface area (Å²) in [7, 11) is 3.04. The summed E-state index contributed by atoms with van der Waals surface area (Å²) in [5.41, 5.74) is 10.4. The highest BCUT2D eigenvalue weighted by atomic mass is 35.5. The highest BCUT2D eigenvalue weighted by molar-refractivity contribution is 6.32. The van der Waals surface area contributed by atoms with Crippen LogP contribution in [0.3, 0.4) is 0 Å². The summed E-state index contributed by atoms with van der Waals surface area (Å²) in [6.45, 7) is 6.03. The number of nitrogens with one attached hydrogen (secondary N) is 2. The number of piperazine rings is 2. The second-order valence-corrected chi connectivity index (χ2v) is 18.4. The zero-order valence-electron chi connectivity index (χ0n) is 37.8. The van der Waals surface area contributed by atoms with Gasteiger partial charge in [0, 0.05) is 74.3 Å². The van der Waals surface area contributed by atoms with Crippen LogP contribution in [0, 0.1) is 11.6 Å². The number of halogens is 4. The average molecular weight is 975 g/mol. The lowest BCUT2D eigenvalue weighted by molar-refractivity contribution is -0.150. The van der Waals surface area contributed by atoms with Crippen molar-refractivity contribution in [2.75, 3.05) is 77.9 Å². The van der Waals surface area contributed by atoms with Crippen molar-refractivity contribution >= 4 is 64.6 Å². The molecule has 4 heterocycles. The minimum atomic E-state index is -0.311. The summed E-state index contributed by atoms with van der Waals surface area (Å²) in [5.74, 6) is 0.255. The Balaban J connectivity index is 0.000000187. The van der Waals surface area contributed by atoms with Crippen LogP contribution in [-0.4, -0.2) is 134 Å². The van der Waals surface area contributed by atoms with E-state index in [2.05, 4.69) is 20.4 Å². The number of nitrogens with two attached hydrogens (primary N) is 1. The van der Waals surface area contributed by atoms with Crippen LogP contribution in [0.25, 0.3) is 12.2 Å². The molecule has 5 fully saturated rings. The molecule has 1 saturated carbocycles. The molecule has 9 rings (SSSR count). The molecule has 4 saturated heterocycles. The van der Waals surface area contributed by atoms with E-state index in [9.17, 15) is 23.2 Å². The molecule has 4 atom stereocenters. The molecule has 0 aromatic heterocycles. The number of carbonyl (C=O) groups excluding carboxylic acids is 3. The maximum absolute atomic E-state index is 13.4. The molecule has 1 aliphatic carbocycles. The number of hydrogen-bond donors (Lipinski definition) is 3. The maximum atomic E-state index is 13.4. The molecular weight excluding hydrogens is 919 g/mol. The van der Waals surface area contributed by atoms with Crippen LogP contribution in [0.15, 0.2) is 84.9 Å². The van der Waals surface area contributed by atoms with Gasteiger partial charge < -0.3 is 45.1 Å². The highest BCUT2D eigenvalue weighted by Gasteiger charge is 2.41. The molecule has 14 nitrogen and oxygen atoms in total. The number of benzene rings is 4. The van der Waals surface area contributed by atoms with Gasteiger partial charge >= 0.3 is 6.03 Å². The normalized spacial score (nSPS) is 21.6. The van der Waals surface area contributed by atoms with Crippen molar-refractivity contribution in [3.05, 3.63) is 129 Å². The maximum Gasteiger partial charge on any atom is 0.319 e. The third kappa shape index (κ3) is 12.3. The number of fused-ring (bicyclic) bond motifs is 4. The zero-order chi connectivity index (χ0) is 47.9. The topological polar surface area (TPSA) is 151 Å². The Morgan fingerprint density at radius 3 is 1.54 bits per heavy atom. The zero-order valence-corrected chi connectivity index (χ0v) is 39.4. The van der Waals surface area contributed by atoms with E-state index < -0.39 is 0 Å². The molecular formula is C50H55Cl2F2N7O7. The van der Waals surface area contributed by atoms with Gasteiger partial charge in [-0.2, -0.15) is 0 Å². The van der Waals surface area contributed by atoms with Crippen molar-refractivity contribution in [3.63, 3.8) is 0 Å². The number of rotatable bonds is 12. The van der Waals surface area contributed by atoms with E-state index in [1.54, 1.807) is 66.8 Å². The van der Waals surface area contributed by atoms with Crippen molar-refractivity contribution in [3.8, 4) is 11.5 Å². The van der Waals surface area contributed by atoms with Crippen molar-refractivity contribution < 1.29 is 42.1 Å². The lowest BCUT2D eigenvalue weighted by Gasteiger charge is -2.49. The molecule has 4 unspecified atom stereocenters. The number of ether oxygens (including phenoxy) is 4. The van der Waals surface area contributed by atoms with Crippen LogP contribution in [0.2, 0.25) is 10.0 Å². The van der Waals surface area contributed by atoms with Crippen LogP contribution >= 0.6 is 23.2 Å². The van der Waals surface area contributed by atoms with Crippen molar-refractivity contribution in [1.29, 1.82) is 0 Å². The number of nitrogens with zero attached hydrogens (tertiary/aromatic N) is 4. The summed E-state index contributed by atoms with van der Waals surface area (Å²) in [4.78, 5) is 47.1. The molecule has 4 aromatic carbocycles. The minimum absolute atomic E-state index is 0.0396. The van der Waals surface area contributed by atoms with Gasteiger partial charge in [0.15, 0.2) is 0 Å². The van der Waals surface area contributed by atoms with E-state index in [0.717, 1.165) is 24.0 Å². The number of anilines is 2. The molecule has 18 heteroatoms.